The van der Waals surface area contributed by atoms with Crippen molar-refractivity contribution in [2.24, 2.45) is 0 Å². The minimum absolute atomic E-state index is 0.0974. The Balaban J connectivity index is 1.77. The minimum atomic E-state index is -0.569. The van der Waals surface area contributed by atoms with Crippen LogP contribution in [0.5, 0.6) is 0 Å². The lowest BCUT2D eigenvalue weighted by molar-refractivity contribution is 0.0221. The molecule has 7 nitrogen and oxygen atoms in total. The van der Waals surface area contributed by atoms with Crippen molar-refractivity contribution < 1.29 is 14.3 Å². The number of nitrogen functional groups attached to an aromatic ring is 1. The van der Waals surface area contributed by atoms with Gasteiger partial charge in [0.25, 0.3) is 5.91 Å². The van der Waals surface area contributed by atoms with Crippen molar-refractivity contribution >= 4 is 29.4 Å². The molecule has 0 radical (unpaired) electrons. The van der Waals surface area contributed by atoms with Crippen LogP contribution in [0.2, 0.25) is 5.02 Å². The van der Waals surface area contributed by atoms with Gasteiger partial charge in [0.1, 0.15) is 11.4 Å². The fourth-order valence-corrected chi connectivity index (χ4v) is 3.17. The topological polar surface area (TPSA) is 90.5 Å². The summed E-state index contributed by atoms with van der Waals surface area (Å²) < 4.78 is 6.62. The number of ether oxygens (including phenoxy) is 1. The van der Waals surface area contributed by atoms with Crippen LogP contribution < -0.4 is 5.73 Å². The maximum absolute atomic E-state index is 12.7. The van der Waals surface area contributed by atoms with Gasteiger partial charge < -0.3 is 15.4 Å². The molecule has 0 fully saturated rings. The molecule has 1 aromatic heterocycles. The number of carbonyl (C=O) groups is 2. The predicted octanol–water partition coefficient (Wildman–Crippen LogP) is 3.29. The van der Waals surface area contributed by atoms with Crippen LogP contribution in [0.1, 0.15) is 42.4 Å². The summed E-state index contributed by atoms with van der Waals surface area (Å²) in [5.74, 6) is 0.0599. The first-order chi connectivity index (χ1) is 12.7. The Labute approximate surface area is 163 Å². The lowest BCUT2D eigenvalue weighted by atomic mass is 10.1. The summed E-state index contributed by atoms with van der Waals surface area (Å²) >= 11 is 6.13. The Kier molecular flexibility index (Phi) is 5.15. The summed E-state index contributed by atoms with van der Waals surface area (Å²) in [6, 6.07) is 7.16. The minimum Gasteiger partial charge on any atom is -0.444 e. The number of carbonyl (C=O) groups excluding carboxylic acids is 2. The molecule has 1 amide bonds. The molecule has 0 saturated heterocycles. The molecule has 1 aliphatic rings. The van der Waals surface area contributed by atoms with Gasteiger partial charge in [0.05, 0.1) is 18.7 Å². The first kappa shape index (κ1) is 19.2. The number of rotatable bonds is 2. The van der Waals surface area contributed by atoms with Crippen LogP contribution in [0, 0.1) is 0 Å². The SMILES string of the molecule is CC(C)(C)OC(=O)N1CCc2c(nn(C(=O)Cc3ccccc3Cl)c2N)C1. The number of amides is 1. The summed E-state index contributed by atoms with van der Waals surface area (Å²) in [6.45, 7) is 6.19. The highest BCUT2D eigenvalue weighted by molar-refractivity contribution is 6.31. The second-order valence-corrected chi connectivity index (χ2v) is 7.94. The molecule has 1 aliphatic heterocycles. The fourth-order valence-electron chi connectivity index (χ4n) is 2.97. The van der Waals surface area contributed by atoms with Crippen molar-refractivity contribution in [3.63, 3.8) is 0 Å². The molecule has 8 heteroatoms. The van der Waals surface area contributed by atoms with E-state index in [-0.39, 0.29) is 18.9 Å². The maximum atomic E-state index is 12.7. The van der Waals surface area contributed by atoms with E-state index >= 15 is 0 Å². The van der Waals surface area contributed by atoms with Crippen LogP contribution >= 0.6 is 11.6 Å². The van der Waals surface area contributed by atoms with Crippen LogP contribution in [-0.2, 0) is 24.1 Å². The molecular formula is C19H23ClN4O3. The number of halogens is 1. The summed E-state index contributed by atoms with van der Waals surface area (Å²) in [5, 5.41) is 4.88. The number of aromatic nitrogens is 2. The summed E-state index contributed by atoms with van der Waals surface area (Å²) in [5.41, 5.74) is 7.73. The van der Waals surface area contributed by atoms with E-state index in [9.17, 15) is 9.59 Å². The van der Waals surface area contributed by atoms with Crippen molar-refractivity contribution in [2.75, 3.05) is 12.3 Å². The average molecular weight is 391 g/mol. The van der Waals surface area contributed by atoms with Gasteiger partial charge in [-0.25, -0.2) is 4.79 Å². The predicted molar refractivity (Wildman–Crippen MR) is 103 cm³/mol. The highest BCUT2D eigenvalue weighted by atomic mass is 35.5. The van der Waals surface area contributed by atoms with Crippen LogP contribution in [0.4, 0.5) is 10.6 Å². The van der Waals surface area contributed by atoms with Gasteiger partial charge in [-0.15, -0.1) is 0 Å². The number of hydrogen-bond donors (Lipinski definition) is 1. The van der Waals surface area contributed by atoms with Crippen molar-refractivity contribution in [1.82, 2.24) is 14.7 Å². The third kappa shape index (κ3) is 4.24. The smallest absolute Gasteiger partial charge is 0.410 e. The van der Waals surface area contributed by atoms with E-state index in [1.165, 1.54) is 4.68 Å². The first-order valence-electron chi connectivity index (χ1n) is 8.76. The standard InChI is InChI=1S/C19H23ClN4O3/c1-19(2,3)27-18(26)23-9-8-13-15(11-23)22-24(17(13)21)16(25)10-12-6-4-5-7-14(12)20/h4-7H,8-11,21H2,1-3H3. The van der Waals surface area contributed by atoms with E-state index < -0.39 is 11.7 Å². The highest BCUT2D eigenvalue weighted by Gasteiger charge is 2.30. The van der Waals surface area contributed by atoms with Crippen molar-refractivity contribution in [3.8, 4) is 0 Å². The number of nitrogens with zero attached hydrogens (tertiary/aromatic N) is 3. The maximum Gasteiger partial charge on any atom is 0.410 e. The first-order valence-corrected chi connectivity index (χ1v) is 9.14. The third-order valence-electron chi connectivity index (χ3n) is 4.27. The molecule has 144 valence electrons. The third-order valence-corrected chi connectivity index (χ3v) is 4.63. The Bertz CT molecular complexity index is 886. The molecule has 0 spiro atoms. The van der Waals surface area contributed by atoms with E-state index in [2.05, 4.69) is 5.10 Å². The van der Waals surface area contributed by atoms with Crippen LogP contribution in [-0.4, -0.2) is 38.8 Å². The van der Waals surface area contributed by atoms with Gasteiger partial charge in [-0.2, -0.15) is 9.78 Å². The van der Waals surface area contributed by atoms with Crippen molar-refractivity contribution in [1.29, 1.82) is 0 Å². The van der Waals surface area contributed by atoms with Gasteiger partial charge in [-0.3, -0.25) is 4.79 Å². The average Bonchev–Trinajstić information content (AvgIpc) is 2.92. The molecule has 27 heavy (non-hydrogen) atoms. The molecule has 1 aromatic carbocycles. The summed E-state index contributed by atoms with van der Waals surface area (Å²) in [6.07, 6.45) is 0.226. The van der Waals surface area contributed by atoms with Gasteiger partial charge in [-0.05, 0) is 38.8 Å². The van der Waals surface area contributed by atoms with E-state index in [0.717, 1.165) is 5.56 Å². The van der Waals surface area contributed by atoms with Crippen LogP contribution in [0.15, 0.2) is 24.3 Å². The lowest BCUT2D eigenvalue weighted by Gasteiger charge is -2.29. The van der Waals surface area contributed by atoms with E-state index in [0.29, 0.717) is 35.1 Å². The second-order valence-electron chi connectivity index (χ2n) is 7.54. The normalized spacial score (nSPS) is 14.0. The lowest BCUT2D eigenvalue weighted by Crippen LogP contribution is -2.39. The van der Waals surface area contributed by atoms with Gasteiger partial charge in [0.15, 0.2) is 0 Å². The molecule has 0 unspecified atom stereocenters. The van der Waals surface area contributed by atoms with E-state index in [4.69, 9.17) is 22.1 Å². The van der Waals surface area contributed by atoms with Gasteiger partial charge in [-0.1, -0.05) is 29.8 Å². The van der Waals surface area contributed by atoms with E-state index in [1.807, 2.05) is 32.9 Å². The number of benzene rings is 1. The molecular weight excluding hydrogens is 368 g/mol. The van der Waals surface area contributed by atoms with Crippen LogP contribution in [0.3, 0.4) is 0 Å². The van der Waals surface area contributed by atoms with Crippen LogP contribution in [0.25, 0.3) is 0 Å². The quantitative estimate of drug-likeness (QED) is 0.849. The number of fused-ring (bicyclic) bond motifs is 1. The fraction of sp³-hybridized carbons (Fsp3) is 0.421. The van der Waals surface area contributed by atoms with Gasteiger partial charge in [0.2, 0.25) is 0 Å². The molecule has 3 rings (SSSR count). The highest BCUT2D eigenvalue weighted by Crippen LogP contribution is 2.26. The largest absolute Gasteiger partial charge is 0.444 e. The second kappa shape index (κ2) is 7.23. The zero-order valence-corrected chi connectivity index (χ0v) is 16.4. The Hall–Kier alpha value is -2.54. The molecule has 2 N–H and O–H groups in total. The molecule has 0 bridgehead atoms. The zero-order chi connectivity index (χ0) is 19.8. The molecule has 0 aliphatic carbocycles. The molecule has 0 atom stereocenters. The Morgan fingerprint density at radius 3 is 2.67 bits per heavy atom. The van der Waals surface area contributed by atoms with Crippen molar-refractivity contribution in [2.45, 2.75) is 45.8 Å². The van der Waals surface area contributed by atoms with Crippen molar-refractivity contribution in [3.05, 3.63) is 46.1 Å². The number of hydrogen-bond acceptors (Lipinski definition) is 5. The molecule has 2 aromatic rings. The Morgan fingerprint density at radius 2 is 2.00 bits per heavy atom. The zero-order valence-electron chi connectivity index (χ0n) is 15.7. The summed E-state index contributed by atoms with van der Waals surface area (Å²) in [4.78, 5) is 26.5. The molecule has 0 saturated carbocycles. The van der Waals surface area contributed by atoms with E-state index in [1.54, 1.807) is 17.0 Å². The van der Waals surface area contributed by atoms with Gasteiger partial charge >= 0.3 is 6.09 Å². The number of nitrogens with two attached hydrogens (primary N) is 1. The molecule has 2 heterocycles. The Morgan fingerprint density at radius 1 is 1.30 bits per heavy atom. The van der Waals surface area contributed by atoms with Gasteiger partial charge in [0, 0.05) is 17.1 Å². The number of anilines is 1. The monoisotopic (exact) mass is 390 g/mol. The summed E-state index contributed by atoms with van der Waals surface area (Å²) in [7, 11) is 0.